The molecule has 2 aromatic rings. The lowest BCUT2D eigenvalue weighted by molar-refractivity contribution is 0.204. The first-order valence-corrected chi connectivity index (χ1v) is 6.96. The summed E-state index contributed by atoms with van der Waals surface area (Å²) in [5.74, 6) is 0.316. The summed E-state index contributed by atoms with van der Waals surface area (Å²) in [7, 11) is 1.80. The second kappa shape index (κ2) is 6.41. The Kier molecular flexibility index (Phi) is 4.99. The highest BCUT2D eigenvalue weighted by molar-refractivity contribution is 6.39. The molecule has 0 aliphatic carbocycles. The van der Waals surface area contributed by atoms with E-state index in [0.717, 1.165) is 5.56 Å². The van der Waals surface area contributed by atoms with Gasteiger partial charge in [-0.1, -0.05) is 29.3 Å². The normalized spacial score (nSPS) is 16.1. The van der Waals surface area contributed by atoms with Crippen molar-refractivity contribution in [3.05, 3.63) is 51.8 Å². The molecule has 0 fully saturated rings. The van der Waals surface area contributed by atoms with E-state index >= 15 is 0 Å². The lowest BCUT2D eigenvalue weighted by atomic mass is 10.0. The van der Waals surface area contributed by atoms with Gasteiger partial charge in [-0.3, -0.25) is 5.32 Å². The van der Waals surface area contributed by atoms with Crippen LogP contribution < -0.4 is 10.1 Å². The third kappa shape index (κ3) is 2.97. The number of benzene rings is 2. The van der Waals surface area contributed by atoms with E-state index in [1.165, 1.54) is 12.1 Å². The number of likely N-dealkylation sites (N-methyl/N-ethyl adjacent to an activating group) is 1. The Balaban J connectivity index is 0.00000161. The third-order valence-electron chi connectivity index (χ3n) is 3.35. The van der Waals surface area contributed by atoms with Crippen molar-refractivity contribution < 1.29 is 9.13 Å². The minimum absolute atomic E-state index is 0. The van der Waals surface area contributed by atoms with E-state index in [1.54, 1.807) is 25.2 Å². The van der Waals surface area contributed by atoms with Gasteiger partial charge in [0.25, 0.3) is 0 Å². The molecule has 2 aromatic carbocycles. The molecule has 0 unspecified atom stereocenters. The first kappa shape index (κ1) is 16.4. The van der Waals surface area contributed by atoms with Crippen molar-refractivity contribution in [3.63, 3.8) is 0 Å². The highest BCUT2D eigenvalue weighted by Crippen LogP contribution is 2.44. The zero-order valence-electron chi connectivity index (χ0n) is 11.1. The smallest absolute Gasteiger partial charge is 0.154 e. The molecule has 0 saturated heterocycles. The predicted octanol–water partition coefficient (Wildman–Crippen LogP) is 4.70. The van der Waals surface area contributed by atoms with Gasteiger partial charge in [0.05, 0.1) is 10.0 Å². The summed E-state index contributed by atoms with van der Waals surface area (Å²) in [6.07, 6.45) is 0.449. The molecule has 3 rings (SSSR count). The number of halogens is 4. The lowest BCUT2D eigenvalue weighted by Gasteiger charge is -2.13. The number of hydrogen-bond donors (Lipinski definition) is 1. The summed E-state index contributed by atoms with van der Waals surface area (Å²) in [6, 6.07) is 8.10. The highest BCUT2D eigenvalue weighted by Gasteiger charge is 2.27. The molecule has 1 atom stereocenters. The van der Waals surface area contributed by atoms with Crippen LogP contribution in [-0.2, 0) is 6.42 Å². The number of ether oxygens (including phenoxy) is 1. The minimum atomic E-state index is -0.324. The van der Waals surface area contributed by atoms with Crippen molar-refractivity contribution in [2.24, 2.45) is 0 Å². The molecule has 0 bridgehead atoms. The van der Waals surface area contributed by atoms with Gasteiger partial charge in [-0.2, -0.15) is 0 Å². The largest absolute Gasteiger partial charge is 0.474 e. The van der Waals surface area contributed by atoms with Crippen LogP contribution in [0.25, 0.3) is 11.1 Å². The summed E-state index contributed by atoms with van der Waals surface area (Å²) in [6.45, 7) is 0. The van der Waals surface area contributed by atoms with Crippen LogP contribution in [-0.4, -0.2) is 13.3 Å². The van der Waals surface area contributed by atoms with Gasteiger partial charge in [-0.05, 0) is 31.3 Å². The van der Waals surface area contributed by atoms with Gasteiger partial charge in [0.15, 0.2) is 6.23 Å². The van der Waals surface area contributed by atoms with Crippen LogP contribution in [0.1, 0.15) is 5.56 Å². The van der Waals surface area contributed by atoms with E-state index in [-0.39, 0.29) is 24.5 Å². The molecular weight excluding hydrogens is 336 g/mol. The molecule has 0 amide bonds. The zero-order valence-corrected chi connectivity index (χ0v) is 13.4. The molecule has 1 N–H and O–H groups in total. The molecule has 0 radical (unpaired) electrons. The molecule has 0 saturated carbocycles. The van der Waals surface area contributed by atoms with Crippen molar-refractivity contribution in [1.82, 2.24) is 5.32 Å². The summed E-state index contributed by atoms with van der Waals surface area (Å²) >= 11 is 12.4. The summed E-state index contributed by atoms with van der Waals surface area (Å²) in [5, 5.41) is 3.98. The standard InChI is InChI=1S/C15H12Cl2FNO.ClH/c1-19-13-6-8-5-9(18)7-10(15(8)20-13)14-11(16)3-2-4-12(14)17;/h2-5,7,13,19H,6H2,1H3;1H/t13-;/m1./s1. The van der Waals surface area contributed by atoms with Crippen LogP contribution in [0.4, 0.5) is 4.39 Å². The van der Waals surface area contributed by atoms with Crippen LogP contribution in [0.2, 0.25) is 10.0 Å². The van der Waals surface area contributed by atoms with Crippen LogP contribution in [0.5, 0.6) is 5.75 Å². The van der Waals surface area contributed by atoms with E-state index in [1.807, 2.05) is 0 Å². The number of rotatable bonds is 2. The average molecular weight is 349 g/mol. The molecule has 6 heteroatoms. The maximum Gasteiger partial charge on any atom is 0.154 e. The van der Waals surface area contributed by atoms with Crippen molar-refractivity contribution in [1.29, 1.82) is 0 Å². The van der Waals surface area contributed by atoms with E-state index in [4.69, 9.17) is 27.9 Å². The Bertz CT molecular complexity index is 658. The van der Waals surface area contributed by atoms with Crippen molar-refractivity contribution in [2.75, 3.05) is 7.05 Å². The molecule has 1 heterocycles. The van der Waals surface area contributed by atoms with Crippen LogP contribution in [0, 0.1) is 5.82 Å². The Labute approximate surface area is 138 Å². The molecule has 112 valence electrons. The first-order chi connectivity index (χ1) is 9.60. The molecule has 1 aliphatic rings. The van der Waals surface area contributed by atoms with Crippen molar-refractivity contribution in [3.8, 4) is 16.9 Å². The maximum atomic E-state index is 13.8. The maximum absolute atomic E-state index is 13.8. The second-order valence-electron chi connectivity index (χ2n) is 4.64. The highest BCUT2D eigenvalue weighted by atomic mass is 35.5. The van der Waals surface area contributed by atoms with E-state index in [2.05, 4.69) is 5.32 Å². The molecule has 1 aliphatic heterocycles. The fourth-order valence-corrected chi connectivity index (χ4v) is 3.03. The van der Waals surface area contributed by atoms with Crippen LogP contribution >= 0.6 is 35.6 Å². The van der Waals surface area contributed by atoms with Gasteiger partial charge < -0.3 is 4.74 Å². The second-order valence-corrected chi connectivity index (χ2v) is 5.45. The monoisotopic (exact) mass is 347 g/mol. The fourth-order valence-electron chi connectivity index (χ4n) is 2.43. The molecule has 21 heavy (non-hydrogen) atoms. The topological polar surface area (TPSA) is 21.3 Å². The molecular formula is C15H13Cl3FNO. The van der Waals surface area contributed by atoms with Gasteiger partial charge in [0, 0.05) is 23.1 Å². The van der Waals surface area contributed by atoms with E-state index < -0.39 is 0 Å². The minimum Gasteiger partial charge on any atom is -0.474 e. The van der Waals surface area contributed by atoms with Gasteiger partial charge in [-0.15, -0.1) is 12.4 Å². The van der Waals surface area contributed by atoms with Gasteiger partial charge >= 0.3 is 0 Å². The number of hydrogen-bond acceptors (Lipinski definition) is 2. The molecule has 2 nitrogen and oxygen atoms in total. The molecule has 0 spiro atoms. The van der Waals surface area contributed by atoms with Gasteiger partial charge in [0.2, 0.25) is 0 Å². The fraction of sp³-hybridized carbons (Fsp3) is 0.200. The molecule has 0 aromatic heterocycles. The summed E-state index contributed by atoms with van der Waals surface area (Å²) in [5.41, 5.74) is 2.01. The van der Waals surface area contributed by atoms with Crippen molar-refractivity contribution in [2.45, 2.75) is 12.6 Å². The van der Waals surface area contributed by atoms with Gasteiger partial charge in [0.1, 0.15) is 11.6 Å². The van der Waals surface area contributed by atoms with Crippen LogP contribution in [0.15, 0.2) is 30.3 Å². The van der Waals surface area contributed by atoms with Crippen LogP contribution in [0.3, 0.4) is 0 Å². The first-order valence-electron chi connectivity index (χ1n) is 6.21. The van der Waals surface area contributed by atoms with Gasteiger partial charge in [-0.25, -0.2) is 4.39 Å². The zero-order chi connectivity index (χ0) is 14.3. The number of fused-ring (bicyclic) bond motifs is 1. The van der Waals surface area contributed by atoms with Crippen molar-refractivity contribution >= 4 is 35.6 Å². The SMILES string of the molecule is CN[C@H]1Cc2cc(F)cc(-c3c(Cl)cccc3Cl)c2O1.Cl. The lowest BCUT2D eigenvalue weighted by Crippen LogP contribution is -2.29. The van der Waals surface area contributed by atoms with E-state index in [9.17, 15) is 4.39 Å². The predicted molar refractivity (Wildman–Crippen MR) is 86.3 cm³/mol. The number of nitrogens with one attached hydrogen (secondary N) is 1. The third-order valence-corrected chi connectivity index (χ3v) is 3.98. The Hall–Kier alpha value is -1.000. The quantitative estimate of drug-likeness (QED) is 0.849. The summed E-state index contributed by atoms with van der Waals surface area (Å²) in [4.78, 5) is 0. The van der Waals surface area contributed by atoms with E-state index in [0.29, 0.717) is 33.3 Å². The Morgan fingerprint density at radius 2 is 1.90 bits per heavy atom. The summed E-state index contributed by atoms with van der Waals surface area (Å²) < 4.78 is 19.7. The average Bonchev–Trinajstić information content (AvgIpc) is 2.81. The Morgan fingerprint density at radius 1 is 1.24 bits per heavy atom. The Morgan fingerprint density at radius 3 is 2.52 bits per heavy atom.